The Morgan fingerprint density at radius 1 is 1.29 bits per heavy atom. The van der Waals surface area contributed by atoms with E-state index in [4.69, 9.17) is 23.2 Å². The van der Waals surface area contributed by atoms with Gasteiger partial charge < -0.3 is 4.74 Å². The van der Waals surface area contributed by atoms with E-state index in [0.717, 1.165) is 5.56 Å². The van der Waals surface area contributed by atoms with E-state index in [1.807, 2.05) is 0 Å². The predicted octanol–water partition coefficient (Wildman–Crippen LogP) is 4.49. The Bertz CT molecular complexity index is 310. The van der Waals surface area contributed by atoms with Crippen molar-refractivity contribution in [1.29, 1.82) is 0 Å². The van der Waals surface area contributed by atoms with Gasteiger partial charge in [-0.05, 0) is 17.7 Å². The van der Waals surface area contributed by atoms with E-state index >= 15 is 0 Å². The third-order valence-electron chi connectivity index (χ3n) is 1.42. The molecule has 1 nitrogen and oxygen atoms in total. The lowest BCUT2D eigenvalue weighted by Crippen LogP contribution is -2.03. The van der Waals surface area contributed by atoms with Crippen LogP contribution in [0.2, 0.25) is 10.0 Å². The minimum absolute atomic E-state index is 0.0762. The van der Waals surface area contributed by atoms with Crippen molar-refractivity contribution in [2.45, 2.75) is 11.9 Å². The molecule has 0 amide bonds. The molecule has 0 spiro atoms. The lowest BCUT2D eigenvalue weighted by molar-refractivity contribution is -0.0497. The minimum Gasteiger partial charge on any atom is -0.432 e. The average Bonchev–Trinajstić information content (AvgIpc) is 2.10. The van der Waals surface area contributed by atoms with E-state index in [1.54, 1.807) is 0 Å². The summed E-state index contributed by atoms with van der Waals surface area (Å²) in [5, 5.41) is 0.695. The molecule has 0 N–H and O–H groups in total. The topological polar surface area (TPSA) is 9.23 Å². The highest BCUT2D eigenvalue weighted by molar-refractivity contribution is 9.08. The van der Waals surface area contributed by atoms with Gasteiger partial charge in [-0.2, -0.15) is 8.78 Å². The lowest BCUT2D eigenvalue weighted by Gasteiger charge is -2.09. The number of rotatable bonds is 3. The van der Waals surface area contributed by atoms with Crippen LogP contribution in [0.25, 0.3) is 0 Å². The quantitative estimate of drug-likeness (QED) is 0.748. The Hall–Kier alpha value is -0.0600. The van der Waals surface area contributed by atoms with Gasteiger partial charge in [-0.15, -0.1) is 0 Å². The molecule has 0 heterocycles. The Balaban J connectivity index is 3.05. The lowest BCUT2D eigenvalue weighted by atomic mass is 10.2. The van der Waals surface area contributed by atoms with Crippen LogP contribution < -0.4 is 4.74 Å². The summed E-state index contributed by atoms with van der Waals surface area (Å²) in [6.45, 7) is -2.93. The first-order chi connectivity index (χ1) is 6.54. The second-order valence-electron chi connectivity index (χ2n) is 2.40. The second-order valence-corrected chi connectivity index (χ2v) is 3.78. The number of ether oxygens (including phenoxy) is 1. The summed E-state index contributed by atoms with van der Waals surface area (Å²) in [6, 6.07) is 3.03. The van der Waals surface area contributed by atoms with Crippen LogP contribution in [-0.4, -0.2) is 6.61 Å². The normalized spacial score (nSPS) is 10.7. The molecule has 1 aromatic rings. The Morgan fingerprint density at radius 2 is 1.79 bits per heavy atom. The van der Waals surface area contributed by atoms with Crippen molar-refractivity contribution in [3.8, 4) is 5.75 Å². The fourth-order valence-electron chi connectivity index (χ4n) is 0.891. The number of benzene rings is 1. The minimum atomic E-state index is -2.93. The highest BCUT2D eigenvalue weighted by Crippen LogP contribution is 2.35. The van der Waals surface area contributed by atoms with Gasteiger partial charge in [0.1, 0.15) is 0 Å². The van der Waals surface area contributed by atoms with Crippen molar-refractivity contribution in [1.82, 2.24) is 0 Å². The van der Waals surface area contributed by atoms with Gasteiger partial charge in [0, 0.05) is 5.33 Å². The molecule has 1 aromatic carbocycles. The van der Waals surface area contributed by atoms with E-state index < -0.39 is 6.61 Å². The third kappa shape index (κ3) is 2.97. The molecule has 0 aliphatic heterocycles. The maximum absolute atomic E-state index is 11.9. The summed E-state index contributed by atoms with van der Waals surface area (Å²) in [7, 11) is 0. The summed E-state index contributed by atoms with van der Waals surface area (Å²) in [6.07, 6.45) is 0. The Morgan fingerprint density at radius 3 is 2.14 bits per heavy atom. The molecule has 0 aromatic heterocycles. The molecule has 0 aliphatic rings. The summed E-state index contributed by atoms with van der Waals surface area (Å²) in [5.74, 6) is -0.187. The molecule has 14 heavy (non-hydrogen) atoms. The molecule has 0 fully saturated rings. The molecular formula is C8H5BrCl2F2O. The van der Waals surface area contributed by atoms with E-state index in [0.29, 0.717) is 5.33 Å². The van der Waals surface area contributed by atoms with Gasteiger partial charge in [-0.25, -0.2) is 0 Å². The van der Waals surface area contributed by atoms with Crippen LogP contribution in [0.15, 0.2) is 12.1 Å². The molecule has 78 valence electrons. The van der Waals surface area contributed by atoms with Crippen molar-refractivity contribution in [2.24, 2.45) is 0 Å². The molecule has 0 unspecified atom stereocenters. The monoisotopic (exact) mass is 304 g/mol. The van der Waals surface area contributed by atoms with Gasteiger partial charge in [-0.3, -0.25) is 0 Å². The fraction of sp³-hybridized carbons (Fsp3) is 0.250. The summed E-state index contributed by atoms with van der Waals surface area (Å²) < 4.78 is 28.0. The fourth-order valence-corrected chi connectivity index (χ4v) is 1.84. The van der Waals surface area contributed by atoms with E-state index in [-0.39, 0.29) is 15.8 Å². The molecule has 0 saturated heterocycles. The number of alkyl halides is 3. The summed E-state index contributed by atoms with van der Waals surface area (Å²) in [5.41, 5.74) is 0.793. The van der Waals surface area contributed by atoms with E-state index in [2.05, 4.69) is 20.7 Å². The van der Waals surface area contributed by atoms with Gasteiger partial charge in [0.05, 0.1) is 10.0 Å². The van der Waals surface area contributed by atoms with Crippen molar-refractivity contribution in [2.75, 3.05) is 0 Å². The average molecular weight is 306 g/mol. The van der Waals surface area contributed by atoms with Crippen LogP contribution in [0.4, 0.5) is 8.78 Å². The van der Waals surface area contributed by atoms with Crippen LogP contribution in [0.1, 0.15) is 5.56 Å². The van der Waals surface area contributed by atoms with Crippen LogP contribution in [-0.2, 0) is 5.33 Å². The van der Waals surface area contributed by atoms with Crippen molar-refractivity contribution in [3.05, 3.63) is 27.7 Å². The second kappa shape index (κ2) is 5.14. The van der Waals surface area contributed by atoms with E-state index in [1.165, 1.54) is 12.1 Å². The summed E-state index contributed by atoms with van der Waals surface area (Å²) in [4.78, 5) is 0. The standard InChI is InChI=1S/C8H5BrCl2F2O/c9-3-4-1-5(10)7(6(11)2-4)14-8(12)13/h1-2,8H,3H2. The highest BCUT2D eigenvalue weighted by Gasteiger charge is 2.13. The highest BCUT2D eigenvalue weighted by atomic mass is 79.9. The number of hydrogen-bond acceptors (Lipinski definition) is 1. The first-order valence-electron chi connectivity index (χ1n) is 3.53. The SMILES string of the molecule is FC(F)Oc1c(Cl)cc(CBr)cc1Cl. The molecule has 0 aliphatic carbocycles. The molecule has 0 radical (unpaired) electrons. The molecule has 1 rings (SSSR count). The smallest absolute Gasteiger partial charge is 0.387 e. The molecule has 0 atom stereocenters. The van der Waals surface area contributed by atoms with Gasteiger partial charge in [-0.1, -0.05) is 39.1 Å². The largest absolute Gasteiger partial charge is 0.432 e. The Kier molecular flexibility index (Phi) is 4.41. The van der Waals surface area contributed by atoms with Crippen LogP contribution in [0.5, 0.6) is 5.75 Å². The van der Waals surface area contributed by atoms with Gasteiger partial charge in [0.2, 0.25) is 0 Å². The maximum Gasteiger partial charge on any atom is 0.387 e. The zero-order chi connectivity index (χ0) is 10.7. The molecule has 0 saturated carbocycles. The predicted molar refractivity (Wildman–Crippen MR) is 55.7 cm³/mol. The molecular weight excluding hydrogens is 301 g/mol. The molecule has 6 heteroatoms. The van der Waals surface area contributed by atoms with Crippen molar-refractivity contribution in [3.63, 3.8) is 0 Å². The van der Waals surface area contributed by atoms with Gasteiger partial charge in [0.15, 0.2) is 5.75 Å². The molecule has 0 bridgehead atoms. The zero-order valence-electron chi connectivity index (χ0n) is 6.74. The summed E-state index contributed by atoms with van der Waals surface area (Å²) >= 11 is 14.6. The zero-order valence-corrected chi connectivity index (χ0v) is 9.84. The Labute approximate surface area is 98.1 Å². The number of hydrogen-bond donors (Lipinski definition) is 0. The first kappa shape index (κ1) is 12.0. The first-order valence-corrected chi connectivity index (χ1v) is 5.41. The van der Waals surface area contributed by atoms with Crippen LogP contribution >= 0.6 is 39.1 Å². The van der Waals surface area contributed by atoms with Gasteiger partial charge >= 0.3 is 6.61 Å². The number of halogens is 5. The van der Waals surface area contributed by atoms with E-state index in [9.17, 15) is 8.78 Å². The van der Waals surface area contributed by atoms with Gasteiger partial charge in [0.25, 0.3) is 0 Å². The maximum atomic E-state index is 11.9. The third-order valence-corrected chi connectivity index (χ3v) is 2.63. The van der Waals surface area contributed by atoms with Crippen molar-refractivity contribution >= 4 is 39.1 Å². The van der Waals surface area contributed by atoms with Crippen molar-refractivity contribution < 1.29 is 13.5 Å². The van der Waals surface area contributed by atoms with Crippen LogP contribution in [0.3, 0.4) is 0 Å². The van der Waals surface area contributed by atoms with Crippen LogP contribution in [0, 0.1) is 0 Å².